The van der Waals surface area contributed by atoms with E-state index in [1.165, 1.54) is 0 Å². The Morgan fingerprint density at radius 1 is 0.967 bits per heavy atom. The Morgan fingerprint density at radius 3 is 2.60 bits per heavy atom. The van der Waals surface area contributed by atoms with E-state index in [9.17, 15) is 4.79 Å². The Kier molecular flexibility index (Phi) is 7.91. The van der Waals surface area contributed by atoms with Gasteiger partial charge in [0.2, 0.25) is 0 Å². The van der Waals surface area contributed by atoms with Crippen molar-refractivity contribution in [3.63, 3.8) is 0 Å². The zero-order valence-corrected chi connectivity index (χ0v) is 16.9. The first-order valence-electron chi connectivity index (χ1n) is 9.76. The number of nitrogens with zero attached hydrogens (tertiary/aromatic N) is 1. The van der Waals surface area contributed by atoms with Crippen molar-refractivity contribution in [3.8, 4) is 5.75 Å². The molecule has 3 rings (SSSR count). The van der Waals surface area contributed by atoms with Crippen LogP contribution in [0.25, 0.3) is 0 Å². The molecule has 7 heteroatoms. The summed E-state index contributed by atoms with van der Waals surface area (Å²) < 4.78 is 10.9. The summed E-state index contributed by atoms with van der Waals surface area (Å²) in [7, 11) is 1.71. The van der Waals surface area contributed by atoms with Crippen LogP contribution in [0.1, 0.15) is 21.7 Å². The largest absolute Gasteiger partial charge is 0.492 e. The molecule has 1 heterocycles. The van der Waals surface area contributed by atoms with Crippen molar-refractivity contribution >= 4 is 11.9 Å². The Morgan fingerprint density at radius 2 is 1.83 bits per heavy atom. The minimum Gasteiger partial charge on any atom is -0.492 e. The number of guanidine groups is 1. The van der Waals surface area contributed by atoms with Crippen molar-refractivity contribution in [2.45, 2.75) is 13.1 Å². The first kappa shape index (κ1) is 21.0. The number of rotatable bonds is 9. The van der Waals surface area contributed by atoms with Crippen LogP contribution < -0.4 is 20.7 Å². The van der Waals surface area contributed by atoms with Gasteiger partial charge in [0, 0.05) is 19.2 Å². The van der Waals surface area contributed by atoms with Crippen LogP contribution in [-0.2, 0) is 13.1 Å². The first-order valence-corrected chi connectivity index (χ1v) is 9.76. The Balaban J connectivity index is 1.42. The van der Waals surface area contributed by atoms with E-state index in [1.54, 1.807) is 25.4 Å². The summed E-state index contributed by atoms with van der Waals surface area (Å²) in [5.41, 5.74) is 1.57. The molecule has 0 radical (unpaired) electrons. The molecule has 1 amide bonds. The molecule has 0 fully saturated rings. The lowest BCUT2D eigenvalue weighted by molar-refractivity contribution is 0.0948. The normalized spacial score (nSPS) is 11.0. The van der Waals surface area contributed by atoms with E-state index in [0.29, 0.717) is 43.5 Å². The second-order valence-corrected chi connectivity index (χ2v) is 6.48. The van der Waals surface area contributed by atoms with Gasteiger partial charge in [-0.1, -0.05) is 30.3 Å². The third-order valence-corrected chi connectivity index (χ3v) is 4.28. The summed E-state index contributed by atoms with van der Waals surface area (Å²) in [4.78, 5) is 16.6. The maximum Gasteiger partial charge on any atom is 0.251 e. The molecule has 0 atom stereocenters. The van der Waals surface area contributed by atoms with Crippen LogP contribution in [0, 0.1) is 0 Å². The number of carbonyl (C=O) groups is 1. The third kappa shape index (κ3) is 6.70. The predicted molar refractivity (Wildman–Crippen MR) is 116 cm³/mol. The average molecular weight is 406 g/mol. The maximum absolute atomic E-state index is 12.4. The number of para-hydroxylation sites is 1. The van der Waals surface area contributed by atoms with Gasteiger partial charge < -0.3 is 25.1 Å². The van der Waals surface area contributed by atoms with Gasteiger partial charge in [-0.3, -0.25) is 9.79 Å². The highest BCUT2D eigenvalue weighted by atomic mass is 16.5. The van der Waals surface area contributed by atoms with Crippen LogP contribution in [0.5, 0.6) is 5.75 Å². The summed E-state index contributed by atoms with van der Waals surface area (Å²) in [5.74, 6) is 2.07. The van der Waals surface area contributed by atoms with Crippen molar-refractivity contribution in [2.24, 2.45) is 4.99 Å². The predicted octanol–water partition coefficient (Wildman–Crippen LogP) is 2.95. The molecule has 1 aromatic heterocycles. The molecule has 0 aliphatic heterocycles. The average Bonchev–Trinajstić information content (AvgIpc) is 3.31. The van der Waals surface area contributed by atoms with E-state index in [4.69, 9.17) is 9.15 Å². The number of furan rings is 1. The lowest BCUT2D eigenvalue weighted by atomic mass is 10.1. The molecule has 0 saturated carbocycles. The van der Waals surface area contributed by atoms with Crippen molar-refractivity contribution in [3.05, 3.63) is 89.9 Å². The molecule has 156 valence electrons. The number of amides is 1. The number of carbonyl (C=O) groups excluding carboxylic acids is 1. The van der Waals surface area contributed by atoms with Gasteiger partial charge in [0.05, 0.1) is 19.4 Å². The SMILES string of the molecule is CN=C(NCCOc1ccccc1)NCc1cccc(C(=O)NCc2ccco2)c1. The van der Waals surface area contributed by atoms with Crippen molar-refractivity contribution < 1.29 is 13.9 Å². The van der Waals surface area contributed by atoms with E-state index >= 15 is 0 Å². The van der Waals surface area contributed by atoms with Crippen LogP contribution in [0.3, 0.4) is 0 Å². The zero-order valence-electron chi connectivity index (χ0n) is 16.9. The van der Waals surface area contributed by atoms with Gasteiger partial charge in [-0.2, -0.15) is 0 Å². The summed E-state index contributed by atoms with van der Waals surface area (Å²) in [6, 6.07) is 20.8. The Labute approximate surface area is 176 Å². The Bertz CT molecular complexity index is 940. The molecular weight excluding hydrogens is 380 g/mol. The van der Waals surface area contributed by atoms with Gasteiger partial charge in [0.1, 0.15) is 18.1 Å². The smallest absolute Gasteiger partial charge is 0.251 e. The van der Waals surface area contributed by atoms with Gasteiger partial charge >= 0.3 is 0 Å². The van der Waals surface area contributed by atoms with E-state index in [2.05, 4.69) is 20.9 Å². The highest BCUT2D eigenvalue weighted by Crippen LogP contribution is 2.08. The van der Waals surface area contributed by atoms with Crippen molar-refractivity contribution in [1.29, 1.82) is 0 Å². The minimum absolute atomic E-state index is 0.145. The quantitative estimate of drug-likeness (QED) is 0.289. The molecule has 0 saturated heterocycles. The molecule has 0 aliphatic rings. The highest BCUT2D eigenvalue weighted by molar-refractivity contribution is 5.94. The molecule has 2 aromatic carbocycles. The molecular formula is C23H26N4O3. The first-order chi connectivity index (χ1) is 14.7. The Hall–Kier alpha value is -3.74. The van der Waals surface area contributed by atoms with Crippen molar-refractivity contribution in [1.82, 2.24) is 16.0 Å². The monoisotopic (exact) mass is 406 g/mol. The van der Waals surface area contributed by atoms with Gasteiger partial charge in [0.15, 0.2) is 5.96 Å². The second kappa shape index (κ2) is 11.3. The molecule has 0 bridgehead atoms. The molecule has 3 aromatic rings. The second-order valence-electron chi connectivity index (χ2n) is 6.48. The molecule has 0 spiro atoms. The van der Waals surface area contributed by atoms with E-state index < -0.39 is 0 Å². The minimum atomic E-state index is -0.145. The number of hydrogen-bond donors (Lipinski definition) is 3. The fraction of sp³-hybridized carbons (Fsp3) is 0.217. The topological polar surface area (TPSA) is 87.9 Å². The summed E-state index contributed by atoms with van der Waals surface area (Å²) in [6.45, 7) is 2.04. The van der Waals surface area contributed by atoms with Crippen LogP contribution in [0.15, 0.2) is 82.4 Å². The maximum atomic E-state index is 12.4. The molecule has 30 heavy (non-hydrogen) atoms. The molecule has 7 nitrogen and oxygen atoms in total. The number of nitrogens with one attached hydrogen (secondary N) is 3. The highest BCUT2D eigenvalue weighted by Gasteiger charge is 2.07. The number of ether oxygens (including phenoxy) is 1. The van der Waals surface area contributed by atoms with Gasteiger partial charge in [0.25, 0.3) is 5.91 Å². The van der Waals surface area contributed by atoms with Gasteiger partial charge in [-0.15, -0.1) is 0 Å². The molecule has 3 N–H and O–H groups in total. The lowest BCUT2D eigenvalue weighted by Crippen LogP contribution is -2.38. The molecule has 0 unspecified atom stereocenters. The fourth-order valence-electron chi connectivity index (χ4n) is 2.77. The van der Waals surface area contributed by atoms with Crippen LogP contribution in [0.4, 0.5) is 0 Å². The zero-order chi connectivity index (χ0) is 21.0. The summed E-state index contributed by atoms with van der Waals surface area (Å²) in [5, 5.41) is 9.30. The van der Waals surface area contributed by atoms with E-state index in [0.717, 1.165) is 11.3 Å². The fourth-order valence-corrected chi connectivity index (χ4v) is 2.77. The third-order valence-electron chi connectivity index (χ3n) is 4.28. The van der Waals surface area contributed by atoms with Gasteiger partial charge in [-0.25, -0.2) is 0 Å². The van der Waals surface area contributed by atoms with Crippen LogP contribution >= 0.6 is 0 Å². The lowest BCUT2D eigenvalue weighted by Gasteiger charge is -2.13. The molecule has 0 aliphatic carbocycles. The van der Waals surface area contributed by atoms with Crippen LogP contribution in [0.2, 0.25) is 0 Å². The standard InChI is InChI=1S/C23H26N4O3/c1-24-23(25-12-14-30-20-9-3-2-4-10-20)27-16-18-7-5-8-19(15-18)22(28)26-17-21-11-6-13-29-21/h2-11,13,15H,12,14,16-17H2,1H3,(H,26,28)(H2,24,25,27). The number of hydrogen-bond acceptors (Lipinski definition) is 4. The summed E-state index contributed by atoms with van der Waals surface area (Å²) in [6.07, 6.45) is 1.59. The number of benzene rings is 2. The van der Waals surface area contributed by atoms with E-state index in [-0.39, 0.29) is 5.91 Å². The van der Waals surface area contributed by atoms with E-state index in [1.807, 2.05) is 54.6 Å². The number of aliphatic imine (C=N–C) groups is 1. The summed E-state index contributed by atoms with van der Waals surface area (Å²) >= 11 is 0. The van der Waals surface area contributed by atoms with Crippen LogP contribution in [-0.4, -0.2) is 32.1 Å². The van der Waals surface area contributed by atoms with Crippen molar-refractivity contribution in [2.75, 3.05) is 20.2 Å². The van der Waals surface area contributed by atoms with Gasteiger partial charge in [-0.05, 0) is 42.0 Å².